The second kappa shape index (κ2) is 7.90. The number of halogens is 3. The first kappa shape index (κ1) is 22.0. The number of carbonyl (C=O) groups excluding carboxylic acids is 1. The van der Waals surface area contributed by atoms with Gasteiger partial charge in [0.25, 0.3) is 5.91 Å². The van der Waals surface area contributed by atoms with Crippen molar-refractivity contribution in [2.75, 3.05) is 4.90 Å². The molecule has 2 atom stereocenters. The molecular formula is C26H22F3N3O2. The molecule has 1 aliphatic rings. The van der Waals surface area contributed by atoms with Crippen LogP contribution in [-0.4, -0.2) is 27.7 Å². The summed E-state index contributed by atoms with van der Waals surface area (Å²) < 4.78 is 49.1. The molecule has 0 unspecified atom stereocenters. The van der Waals surface area contributed by atoms with Crippen LogP contribution in [0.5, 0.6) is 5.75 Å². The molecule has 34 heavy (non-hydrogen) atoms. The Morgan fingerprint density at radius 2 is 1.79 bits per heavy atom. The van der Waals surface area contributed by atoms with Crippen LogP contribution in [0, 0.1) is 12.7 Å². The molecule has 5 rings (SSSR count). The van der Waals surface area contributed by atoms with E-state index in [-0.39, 0.29) is 5.82 Å². The molecule has 0 saturated heterocycles. The van der Waals surface area contributed by atoms with Crippen LogP contribution in [0.15, 0.2) is 66.9 Å². The number of amides is 1. The fourth-order valence-electron chi connectivity index (χ4n) is 4.42. The molecule has 0 N–H and O–H groups in total. The van der Waals surface area contributed by atoms with Crippen molar-refractivity contribution in [2.24, 2.45) is 0 Å². The zero-order valence-corrected chi connectivity index (χ0v) is 18.8. The fourth-order valence-corrected chi connectivity index (χ4v) is 4.42. The van der Waals surface area contributed by atoms with Crippen molar-refractivity contribution in [3.05, 3.63) is 83.8 Å². The third kappa shape index (κ3) is 3.69. The Morgan fingerprint density at radius 3 is 2.50 bits per heavy atom. The predicted molar refractivity (Wildman–Crippen MR) is 123 cm³/mol. The van der Waals surface area contributed by atoms with E-state index in [0.717, 1.165) is 21.4 Å². The van der Waals surface area contributed by atoms with Gasteiger partial charge in [0, 0.05) is 17.9 Å². The van der Waals surface area contributed by atoms with Gasteiger partial charge in [0.1, 0.15) is 17.7 Å². The second-order valence-corrected chi connectivity index (χ2v) is 8.66. The first-order valence-corrected chi connectivity index (χ1v) is 10.9. The summed E-state index contributed by atoms with van der Waals surface area (Å²) in [5, 5.41) is 5.19. The van der Waals surface area contributed by atoms with Crippen molar-refractivity contribution < 1.29 is 22.7 Å². The molecule has 0 fully saturated rings. The summed E-state index contributed by atoms with van der Waals surface area (Å²) in [6.45, 7) is 4.21. The minimum Gasteiger partial charge on any atom is -0.483 e. The van der Waals surface area contributed by atoms with Crippen molar-refractivity contribution in [2.45, 2.75) is 38.8 Å². The molecule has 0 spiro atoms. The summed E-state index contributed by atoms with van der Waals surface area (Å²) in [4.78, 5) is 13.7. The summed E-state index contributed by atoms with van der Waals surface area (Å²) >= 11 is 0. The third-order valence-electron chi connectivity index (χ3n) is 6.06. The number of rotatable bonds is 4. The minimum absolute atomic E-state index is 0.328. The van der Waals surface area contributed by atoms with Gasteiger partial charge < -0.3 is 4.74 Å². The topological polar surface area (TPSA) is 47.4 Å². The highest BCUT2D eigenvalue weighted by atomic mass is 19.3. The number of aromatic nitrogens is 2. The molecule has 3 aromatic carbocycles. The van der Waals surface area contributed by atoms with Crippen molar-refractivity contribution in [3.63, 3.8) is 0 Å². The van der Waals surface area contributed by atoms with Gasteiger partial charge in [-0.1, -0.05) is 17.7 Å². The van der Waals surface area contributed by atoms with Gasteiger partial charge in [-0.25, -0.2) is 9.07 Å². The highest BCUT2D eigenvalue weighted by Gasteiger charge is 2.47. The Morgan fingerprint density at radius 1 is 1.06 bits per heavy atom. The van der Waals surface area contributed by atoms with E-state index in [4.69, 9.17) is 4.74 Å². The van der Waals surface area contributed by atoms with E-state index in [1.807, 2.05) is 25.1 Å². The van der Waals surface area contributed by atoms with E-state index in [2.05, 4.69) is 5.10 Å². The first-order valence-electron chi connectivity index (χ1n) is 10.9. The Hall–Kier alpha value is -3.81. The Kier molecular flexibility index (Phi) is 5.11. The van der Waals surface area contributed by atoms with Crippen LogP contribution in [0.1, 0.15) is 31.1 Å². The van der Waals surface area contributed by atoms with E-state index in [0.29, 0.717) is 29.6 Å². The van der Waals surface area contributed by atoms with Crippen LogP contribution < -0.4 is 9.64 Å². The highest BCUT2D eigenvalue weighted by Crippen LogP contribution is 2.44. The third-order valence-corrected chi connectivity index (χ3v) is 6.06. The lowest BCUT2D eigenvalue weighted by atomic mass is 10.0. The number of carbonyl (C=O) groups is 1. The fraction of sp³-hybridized carbons (Fsp3) is 0.231. The zero-order valence-electron chi connectivity index (χ0n) is 18.8. The van der Waals surface area contributed by atoms with Gasteiger partial charge in [-0.2, -0.15) is 13.9 Å². The van der Waals surface area contributed by atoms with E-state index in [9.17, 15) is 18.0 Å². The number of benzene rings is 3. The van der Waals surface area contributed by atoms with Gasteiger partial charge in [-0.3, -0.25) is 9.69 Å². The summed E-state index contributed by atoms with van der Waals surface area (Å²) in [5.74, 6) is -4.56. The number of hydrogen-bond donors (Lipinski definition) is 0. The molecule has 0 bridgehead atoms. The van der Waals surface area contributed by atoms with Crippen LogP contribution in [-0.2, 0) is 4.79 Å². The van der Waals surface area contributed by atoms with E-state index in [1.165, 1.54) is 12.1 Å². The number of anilines is 1. The molecule has 1 aliphatic heterocycles. The van der Waals surface area contributed by atoms with Crippen LogP contribution in [0.4, 0.5) is 18.9 Å². The van der Waals surface area contributed by atoms with Crippen LogP contribution >= 0.6 is 0 Å². The average Bonchev–Trinajstić information content (AvgIpc) is 3.32. The number of nitrogens with zero attached hydrogens (tertiary/aromatic N) is 3. The molecular weight excluding hydrogens is 443 g/mol. The van der Waals surface area contributed by atoms with Crippen molar-refractivity contribution in [3.8, 4) is 11.4 Å². The van der Waals surface area contributed by atoms with Crippen LogP contribution in [0.25, 0.3) is 16.6 Å². The maximum atomic E-state index is 13.9. The number of alkyl halides is 2. The molecule has 174 valence electrons. The van der Waals surface area contributed by atoms with Crippen LogP contribution in [0.3, 0.4) is 0 Å². The Balaban J connectivity index is 1.49. The first-order chi connectivity index (χ1) is 16.1. The minimum atomic E-state index is -3.50. The lowest BCUT2D eigenvalue weighted by Crippen LogP contribution is -2.46. The monoisotopic (exact) mass is 465 g/mol. The summed E-state index contributed by atoms with van der Waals surface area (Å²) in [6, 6.07) is 16.1. The number of aryl methyl sites for hydroxylation is 1. The van der Waals surface area contributed by atoms with Crippen molar-refractivity contribution >= 4 is 22.5 Å². The normalized spacial score (nSPS) is 17.8. The molecule has 1 aromatic heterocycles. The van der Waals surface area contributed by atoms with Gasteiger partial charge in [0.05, 0.1) is 29.1 Å². The molecule has 8 heteroatoms. The molecule has 2 heterocycles. The van der Waals surface area contributed by atoms with E-state index < -0.39 is 24.0 Å². The molecule has 0 radical (unpaired) electrons. The SMILES string of the molecule is Cc1ccc2c(c1)[C@@H](Oc1ccc3c(cnn3-c3ccc(F)cc3)c1)[C@H](C)N2C(=O)C(C)(F)F. The number of ether oxygens (including phenoxy) is 1. The van der Waals surface area contributed by atoms with E-state index in [1.54, 1.807) is 48.1 Å². The van der Waals surface area contributed by atoms with E-state index >= 15 is 0 Å². The largest absolute Gasteiger partial charge is 0.483 e. The molecule has 0 saturated carbocycles. The lowest BCUT2D eigenvalue weighted by molar-refractivity contribution is -0.140. The highest BCUT2D eigenvalue weighted by molar-refractivity contribution is 6.00. The predicted octanol–water partition coefficient (Wildman–Crippen LogP) is 5.98. The smallest absolute Gasteiger partial charge is 0.322 e. The molecule has 5 nitrogen and oxygen atoms in total. The number of hydrogen-bond acceptors (Lipinski definition) is 3. The number of fused-ring (bicyclic) bond motifs is 2. The maximum Gasteiger partial charge on any atom is 0.322 e. The van der Waals surface area contributed by atoms with Crippen molar-refractivity contribution in [1.82, 2.24) is 9.78 Å². The van der Waals surface area contributed by atoms with Gasteiger partial charge in [0.2, 0.25) is 0 Å². The summed E-state index contributed by atoms with van der Waals surface area (Å²) in [6.07, 6.45) is 1.06. The van der Waals surface area contributed by atoms with Gasteiger partial charge >= 0.3 is 5.92 Å². The van der Waals surface area contributed by atoms with Gasteiger partial charge in [-0.15, -0.1) is 0 Å². The molecule has 1 amide bonds. The van der Waals surface area contributed by atoms with Crippen LogP contribution in [0.2, 0.25) is 0 Å². The Labute approximate surface area is 194 Å². The van der Waals surface area contributed by atoms with Gasteiger partial charge in [-0.05, 0) is 62.4 Å². The zero-order chi connectivity index (χ0) is 24.2. The van der Waals surface area contributed by atoms with Crippen molar-refractivity contribution in [1.29, 1.82) is 0 Å². The second-order valence-electron chi connectivity index (χ2n) is 8.66. The maximum absolute atomic E-state index is 13.9. The average molecular weight is 465 g/mol. The molecule has 0 aliphatic carbocycles. The quantitative estimate of drug-likeness (QED) is 0.372. The standard InChI is InChI=1S/C26H22F3N3O2/c1-15-4-10-23-21(12-15)24(16(2)31(23)25(33)26(3,28)29)34-20-9-11-22-17(13-20)14-30-32(22)19-7-5-18(27)6-8-19/h4-14,16,24H,1-3H3/t16-,24-/m0/s1. The Bertz CT molecular complexity index is 1390. The summed E-state index contributed by atoms with van der Waals surface area (Å²) in [7, 11) is 0. The summed E-state index contributed by atoms with van der Waals surface area (Å²) in [5.41, 5.74) is 3.57. The molecule has 4 aromatic rings. The van der Waals surface area contributed by atoms with Gasteiger partial charge in [0.15, 0.2) is 0 Å². The lowest BCUT2D eigenvalue weighted by Gasteiger charge is -2.27.